The third kappa shape index (κ3) is 2.19. The Bertz CT molecular complexity index is 297. The minimum atomic E-state index is -1.81. The zero-order valence-electron chi connectivity index (χ0n) is 5.82. The SMILES string of the molecule is FC(F)=Cc1c(Cl)cccc1Cl. The summed E-state index contributed by atoms with van der Waals surface area (Å²) in [5.74, 6) is 0. The van der Waals surface area contributed by atoms with E-state index >= 15 is 0 Å². The highest BCUT2D eigenvalue weighted by Crippen LogP contribution is 2.26. The fourth-order valence-electron chi connectivity index (χ4n) is 0.758. The normalized spacial score (nSPS) is 9.67. The van der Waals surface area contributed by atoms with Gasteiger partial charge >= 0.3 is 0 Å². The topological polar surface area (TPSA) is 0 Å². The summed E-state index contributed by atoms with van der Waals surface area (Å²) in [6, 6.07) is 4.60. The van der Waals surface area contributed by atoms with E-state index in [4.69, 9.17) is 23.2 Å². The number of benzene rings is 1. The molecule has 0 aliphatic carbocycles. The van der Waals surface area contributed by atoms with Crippen molar-refractivity contribution in [2.45, 2.75) is 0 Å². The van der Waals surface area contributed by atoms with E-state index in [1.165, 1.54) is 12.1 Å². The van der Waals surface area contributed by atoms with Crippen molar-refractivity contribution >= 4 is 29.3 Å². The van der Waals surface area contributed by atoms with Gasteiger partial charge in [-0.15, -0.1) is 0 Å². The number of halogens is 4. The van der Waals surface area contributed by atoms with Gasteiger partial charge in [-0.25, -0.2) is 0 Å². The van der Waals surface area contributed by atoms with Crippen LogP contribution in [0.5, 0.6) is 0 Å². The summed E-state index contributed by atoms with van der Waals surface area (Å²) in [5, 5.41) is 0.436. The fraction of sp³-hybridized carbons (Fsp3) is 0. The van der Waals surface area contributed by atoms with Crippen LogP contribution in [0.4, 0.5) is 8.78 Å². The summed E-state index contributed by atoms with van der Waals surface area (Å²) in [6.07, 6.45) is -1.17. The van der Waals surface area contributed by atoms with Crippen LogP contribution in [0.25, 0.3) is 6.08 Å². The van der Waals surface area contributed by atoms with Gasteiger partial charge in [0, 0.05) is 21.7 Å². The lowest BCUT2D eigenvalue weighted by Crippen LogP contribution is -1.77. The molecule has 0 amide bonds. The smallest absolute Gasteiger partial charge is 0.173 e. The third-order valence-corrected chi connectivity index (χ3v) is 1.91. The van der Waals surface area contributed by atoms with E-state index in [0.717, 1.165) is 0 Å². The van der Waals surface area contributed by atoms with Crippen molar-refractivity contribution in [3.8, 4) is 0 Å². The molecule has 64 valence electrons. The maximum Gasteiger partial charge on any atom is 0.271 e. The van der Waals surface area contributed by atoms with Crippen LogP contribution in [0.15, 0.2) is 24.3 Å². The molecule has 1 rings (SSSR count). The average molecular weight is 209 g/mol. The van der Waals surface area contributed by atoms with Crippen molar-refractivity contribution in [2.24, 2.45) is 0 Å². The van der Waals surface area contributed by atoms with E-state index in [1.54, 1.807) is 6.07 Å². The molecule has 12 heavy (non-hydrogen) atoms. The molecule has 0 radical (unpaired) electrons. The number of hydrogen-bond donors (Lipinski definition) is 0. The molecule has 0 unspecified atom stereocenters. The zero-order valence-corrected chi connectivity index (χ0v) is 7.33. The minimum absolute atomic E-state index is 0.154. The predicted octanol–water partition coefficient (Wildman–Crippen LogP) is 4.23. The maximum atomic E-state index is 11.8. The first kappa shape index (κ1) is 9.49. The van der Waals surface area contributed by atoms with Crippen molar-refractivity contribution in [3.05, 3.63) is 39.9 Å². The lowest BCUT2D eigenvalue weighted by Gasteiger charge is -1.98. The molecular weight excluding hydrogens is 205 g/mol. The Kier molecular flexibility index (Phi) is 3.06. The number of hydrogen-bond acceptors (Lipinski definition) is 0. The summed E-state index contributed by atoms with van der Waals surface area (Å²) < 4.78 is 23.6. The first-order valence-corrected chi connectivity index (χ1v) is 3.83. The maximum absolute atomic E-state index is 11.8. The van der Waals surface area contributed by atoms with E-state index in [2.05, 4.69) is 0 Å². The van der Waals surface area contributed by atoms with Gasteiger partial charge in [-0.3, -0.25) is 0 Å². The molecular formula is C8H4Cl2F2. The van der Waals surface area contributed by atoms with Gasteiger partial charge in [0.2, 0.25) is 0 Å². The van der Waals surface area contributed by atoms with Gasteiger partial charge in [0.05, 0.1) is 0 Å². The van der Waals surface area contributed by atoms with Crippen molar-refractivity contribution < 1.29 is 8.78 Å². The van der Waals surface area contributed by atoms with E-state index in [9.17, 15) is 8.78 Å². The molecule has 0 fully saturated rings. The number of rotatable bonds is 1. The Morgan fingerprint density at radius 1 is 1.17 bits per heavy atom. The van der Waals surface area contributed by atoms with Gasteiger partial charge in [-0.1, -0.05) is 29.3 Å². The highest BCUT2D eigenvalue weighted by molar-refractivity contribution is 6.37. The van der Waals surface area contributed by atoms with E-state index in [1.807, 2.05) is 0 Å². The molecule has 0 spiro atoms. The summed E-state index contributed by atoms with van der Waals surface area (Å²) in [4.78, 5) is 0. The molecule has 0 aliphatic rings. The molecule has 0 saturated heterocycles. The Morgan fingerprint density at radius 3 is 2.08 bits per heavy atom. The molecule has 1 aromatic rings. The Hall–Kier alpha value is -0.600. The van der Waals surface area contributed by atoms with E-state index < -0.39 is 6.08 Å². The van der Waals surface area contributed by atoms with E-state index in [0.29, 0.717) is 6.08 Å². The average Bonchev–Trinajstić information content (AvgIpc) is 1.97. The second-order valence-electron chi connectivity index (χ2n) is 2.07. The van der Waals surface area contributed by atoms with Crippen molar-refractivity contribution in [3.63, 3.8) is 0 Å². The molecule has 1 aromatic carbocycles. The minimum Gasteiger partial charge on any atom is -0.173 e. The van der Waals surface area contributed by atoms with Gasteiger partial charge in [0.25, 0.3) is 6.08 Å². The van der Waals surface area contributed by atoms with Crippen molar-refractivity contribution in [2.75, 3.05) is 0 Å². The van der Waals surface area contributed by atoms with Crippen LogP contribution in [0.2, 0.25) is 10.0 Å². The van der Waals surface area contributed by atoms with Crippen LogP contribution in [-0.2, 0) is 0 Å². The summed E-state index contributed by atoms with van der Waals surface area (Å²) in [7, 11) is 0. The van der Waals surface area contributed by atoms with Crippen LogP contribution >= 0.6 is 23.2 Å². The van der Waals surface area contributed by atoms with Crippen LogP contribution in [0, 0.1) is 0 Å². The molecule has 0 N–H and O–H groups in total. The quantitative estimate of drug-likeness (QED) is 0.649. The molecule has 0 nitrogen and oxygen atoms in total. The molecule has 0 heterocycles. The zero-order chi connectivity index (χ0) is 9.14. The van der Waals surface area contributed by atoms with Crippen LogP contribution < -0.4 is 0 Å². The molecule has 0 saturated carbocycles. The van der Waals surface area contributed by atoms with Crippen molar-refractivity contribution in [1.82, 2.24) is 0 Å². The van der Waals surface area contributed by atoms with Gasteiger partial charge in [-0.05, 0) is 12.1 Å². The predicted molar refractivity (Wildman–Crippen MR) is 46.7 cm³/mol. The molecule has 0 atom stereocenters. The first-order valence-electron chi connectivity index (χ1n) is 3.08. The lowest BCUT2D eigenvalue weighted by atomic mass is 10.2. The summed E-state index contributed by atoms with van der Waals surface area (Å²) in [5.41, 5.74) is 0.154. The molecule has 0 bridgehead atoms. The van der Waals surface area contributed by atoms with E-state index in [-0.39, 0.29) is 15.6 Å². The highest BCUT2D eigenvalue weighted by atomic mass is 35.5. The van der Waals surface area contributed by atoms with Crippen LogP contribution in [0.3, 0.4) is 0 Å². The Morgan fingerprint density at radius 2 is 1.67 bits per heavy atom. The second-order valence-corrected chi connectivity index (χ2v) is 2.88. The van der Waals surface area contributed by atoms with Gasteiger partial charge in [0.15, 0.2) is 0 Å². The van der Waals surface area contributed by atoms with Gasteiger partial charge in [0.1, 0.15) is 0 Å². The molecule has 4 heteroatoms. The highest BCUT2D eigenvalue weighted by Gasteiger charge is 2.03. The third-order valence-electron chi connectivity index (χ3n) is 1.25. The Labute approximate surface area is 78.4 Å². The summed E-state index contributed by atoms with van der Waals surface area (Å²) in [6.45, 7) is 0. The standard InChI is InChI=1S/C8H4Cl2F2/c9-6-2-1-3-7(10)5(6)4-8(11)12/h1-4H. The summed E-state index contributed by atoms with van der Waals surface area (Å²) >= 11 is 11.2. The largest absolute Gasteiger partial charge is 0.271 e. The fourth-order valence-corrected chi connectivity index (χ4v) is 1.26. The molecule has 0 aromatic heterocycles. The molecule has 0 aliphatic heterocycles. The van der Waals surface area contributed by atoms with Gasteiger partial charge < -0.3 is 0 Å². The Balaban J connectivity index is 3.22. The second kappa shape index (κ2) is 3.87. The monoisotopic (exact) mass is 208 g/mol. The first-order chi connectivity index (χ1) is 5.61. The van der Waals surface area contributed by atoms with Crippen molar-refractivity contribution in [1.29, 1.82) is 0 Å². The van der Waals surface area contributed by atoms with Gasteiger partial charge in [-0.2, -0.15) is 8.78 Å². The van der Waals surface area contributed by atoms with Crippen LogP contribution in [-0.4, -0.2) is 0 Å². The lowest BCUT2D eigenvalue weighted by molar-refractivity contribution is 0.429. The van der Waals surface area contributed by atoms with Crippen LogP contribution in [0.1, 0.15) is 5.56 Å².